The van der Waals surface area contributed by atoms with E-state index in [0.29, 0.717) is 12.6 Å². The van der Waals surface area contributed by atoms with E-state index in [1.807, 2.05) is 0 Å². The van der Waals surface area contributed by atoms with Crippen molar-refractivity contribution >= 4 is 6.09 Å². The van der Waals surface area contributed by atoms with Crippen molar-refractivity contribution < 1.29 is 9.53 Å². The van der Waals surface area contributed by atoms with Crippen LogP contribution in [0.15, 0.2) is 11.8 Å². The van der Waals surface area contributed by atoms with Crippen molar-refractivity contribution in [3.8, 4) is 0 Å². The van der Waals surface area contributed by atoms with Gasteiger partial charge in [-0.3, -0.25) is 4.90 Å². The summed E-state index contributed by atoms with van der Waals surface area (Å²) in [6, 6.07) is 0.387. The molecule has 0 spiro atoms. The predicted molar refractivity (Wildman–Crippen MR) is 53.8 cm³/mol. The smallest absolute Gasteiger partial charge is 0.414 e. The third-order valence-corrected chi connectivity index (χ3v) is 2.84. The Bertz CT molecular complexity index is 260. The van der Waals surface area contributed by atoms with E-state index in [-0.39, 0.29) is 6.09 Å². The van der Waals surface area contributed by atoms with Gasteiger partial charge in [0.15, 0.2) is 0 Å². The number of carbonyl (C=O) groups is 1. The molecule has 2 heterocycles. The summed E-state index contributed by atoms with van der Waals surface area (Å²) in [5.74, 6) is 0. The van der Waals surface area contributed by atoms with Crippen molar-refractivity contribution in [1.29, 1.82) is 0 Å². The van der Waals surface area contributed by atoms with Crippen molar-refractivity contribution in [3.63, 3.8) is 0 Å². The van der Waals surface area contributed by atoms with E-state index in [4.69, 9.17) is 4.74 Å². The zero-order chi connectivity index (χ0) is 9.97. The van der Waals surface area contributed by atoms with Crippen LogP contribution in [0.1, 0.15) is 39.0 Å². The molecule has 0 aromatic heterocycles. The van der Waals surface area contributed by atoms with Crippen LogP contribution in [0, 0.1) is 0 Å². The number of unbranched alkanes of at least 4 members (excludes halogenated alkanes) is 3. The zero-order valence-corrected chi connectivity index (χ0v) is 8.66. The Labute approximate surface area is 84.7 Å². The number of rotatable bonds is 4. The molecule has 1 atom stereocenters. The summed E-state index contributed by atoms with van der Waals surface area (Å²) >= 11 is 0. The minimum Gasteiger partial charge on any atom is -0.449 e. The van der Waals surface area contributed by atoms with Crippen molar-refractivity contribution in [2.75, 3.05) is 6.61 Å². The molecule has 2 fully saturated rings. The average Bonchev–Trinajstić information content (AvgIpc) is 2.88. The molecule has 1 amide bonds. The van der Waals surface area contributed by atoms with Crippen LogP contribution in [0.3, 0.4) is 0 Å². The first kappa shape index (κ1) is 9.56. The second-order valence-corrected chi connectivity index (χ2v) is 3.91. The molecule has 0 aromatic carbocycles. The van der Waals surface area contributed by atoms with Gasteiger partial charge >= 0.3 is 6.09 Å². The fraction of sp³-hybridized carbons (Fsp3) is 0.727. The SMILES string of the molecule is CCCCC/C=C1\C2CCOC(=O)N12. The Morgan fingerprint density at radius 1 is 1.57 bits per heavy atom. The monoisotopic (exact) mass is 195 g/mol. The molecule has 78 valence electrons. The molecule has 0 saturated carbocycles. The van der Waals surface area contributed by atoms with Crippen LogP contribution in [0.25, 0.3) is 0 Å². The highest BCUT2D eigenvalue weighted by molar-refractivity contribution is 5.77. The number of allylic oxidation sites excluding steroid dienone is 1. The quantitative estimate of drug-likeness (QED) is 0.510. The molecule has 0 aliphatic carbocycles. The Hall–Kier alpha value is -0.990. The second kappa shape index (κ2) is 4.03. The van der Waals surface area contributed by atoms with E-state index in [2.05, 4.69) is 13.0 Å². The first-order valence-electron chi connectivity index (χ1n) is 5.50. The maximum Gasteiger partial charge on any atom is 0.414 e. The minimum atomic E-state index is -0.150. The summed E-state index contributed by atoms with van der Waals surface area (Å²) in [6.07, 6.45) is 7.89. The predicted octanol–water partition coefficient (Wildman–Crippen LogP) is 2.68. The number of amides is 1. The van der Waals surface area contributed by atoms with E-state index in [1.54, 1.807) is 4.90 Å². The number of cyclic esters (lactones) is 1. The Balaban J connectivity index is 1.80. The maximum absolute atomic E-state index is 11.2. The third kappa shape index (κ3) is 1.76. The van der Waals surface area contributed by atoms with Gasteiger partial charge in [-0.2, -0.15) is 0 Å². The first-order valence-corrected chi connectivity index (χ1v) is 5.50. The largest absolute Gasteiger partial charge is 0.449 e. The summed E-state index contributed by atoms with van der Waals surface area (Å²) in [7, 11) is 0. The van der Waals surface area contributed by atoms with Gasteiger partial charge in [-0.25, -0.2) is 4.79 Å². The number of carbonyl (C=O) groups excluding carboxylic acids is 1. The van der Waals surface area contributed by atoms with E-state index in [9.17, 15) is 4.79 Å². The van der Waals surface area contributed by atoms with E-state index in [0.717, 1.165) is 12.8 Å². The molecule has 3 nitrogen and oxygen atoms in total. The van der Waals surface area contributed by atoms with Crippen LogP contribution in [0.2, 0.25) is 0 Å². The summed E-state index contributed by atoms with van der Waals surface area (Å²) in [6.45, 7) is 2.79. The van der Waals surface area contributed by atoms with Crippen LogP contribution < -0.4 is 0 Å². The number of ether oxygens (including phenoxy) is 1. The van der Waals surface area contributed by atoms with Crippen LogP contribution in [-0.2, 0) is 4.74 Å². The van der Waals surface area contributed by atoms with Gasteiger partial charge in [0.05, 0.1) is 12.6 Å². The maximum atomic E-state index is 11.2. The first-order chi connectivity index (χ1) is 6.84. The van der Waals surface area contributed by atoms with Gasteiger partial charge < -0.3 is 4.74 Å². The molecular weight excluding hydrogens is 178 g/mol. The number of hydrogen-bond acceptors (Lipinski definition) is 2. The van der Waals surface area contributed by atoms with Gasteiger partial charge in [0.2, 0.25) is 0 Å². The molecule has 0 radical (unpaired) electrons. The summed E-state index contributed by atoms with van der Waals surface area (Å²) in [4.78, 5) is 13.0. The van der Waals surface area contributed by atoms with Gasteiger partial charge in [-0.05, 0) is 12.8 Å². The lowest BCUT2D eigenvalue weighted by Gasteiger charge is -2.09. The fourth-order valence-electron chi connectivity index (χ4n) is 1.97. The molecule has 2 saturated heterocycles. The molecule has 2 rings (SSSR count). The van der Waals surface area contributed by atoms with Crippen LogP contribution in [0.5, 0.6) is 0 Å². The topological polar surface area (TPSA) is 29.3 Å². The lowest BCUT2D eigenvalue weighted by molar-refractivity contribution is 0.111. The van der Waals surface area contributed by atoms with Gasteiger partial charge in [0.1, 0.15) is 0 Å². The molecule has 2 aliphatic rings. The standard InChI is InChI=1S/C11H17NO2/c1-2-3-4-5-6-9-10-7-8-14-11(13)12(9)10/h6,10H,2-5,7-8H2,1H3/b9-6+. The van der Waals surface area contributed by atoms with E-state index >= 15 is 0 Å². The summed E-state index contributed by atoms with van der Waals surface area (Å²) in [5.41, 5.74) is 1.20. The van der Waals surface area contributed by atoms with Gasteiger partial charge in [0.25, 0.3) is 0 Å². The number of nitrogens with zero attached hydrogens (tertiary/aromatic N) is 1. The zero-order valence-electron chi connectivity index (χ0n) is 8.66. The molecule has 3 heteroatoms. The second-order valence-electron chi connectivity index (χ2n) is 3.91. The lowest BCUT2D eigenvalue weighted by atomic mass is 10.2. The average molecular weight is 195 g/mol. The number of hydrogen-bond donors (Lipinski definition) is 0. The number of fused-ring (bicyclic) bond motifs is 1. The van der Waals surface area contributed by atoms with Crippen LogP contribution in [-0.4, -0.2) is 23.6 Å². The van der Waals surface area contributed by atoms with E-state index in [1.165, 1.54) is 25.0 Å². The van der Waals surface area contributed by atoms with Crippen molar-refractivity contribution in [2.24, 2.45) is 0 Å². The fourth-order valence-corrected chi connectivity index (χ4v) is 1.97. The molecule has 14 heavy (non-hydrogen) atoms. The third-order valence-electron chi connectivity index (χ3n) is 2.84. The van der Waals surface area contributed by atoms with Gasteiger partial charge in [-0.1, -0.05) is 25.8 Å². The Morgan fingerprint density at radius 2 is 2.43 bits per heavy atom. The van der Waals surface area contributed by atoms with Crippen LogP contribution in [0.4, 0.5) is 4.79 Å². The lowest BCUT2D eigenvalue weighted by Crippen LogP contribution is -2.22. The van der Waals surface area contributed by atoms with Crippen LogP contribution >= 0.6 is 0 Å². The van der Waals surface area contributed by atoms with Gasteiger partial charge in [0, 0.05) is 12.1 Å². The molecule has 0 bridgehead atoms. The Kier molecular flexibility index (Phi) is 2.75. The van der Waals surface area contributed by atoms with Gasteiger partial charge in [-0.15, -0.1) is 0 Å². The molecule has 0 N–H and O–H groups in total. The minimum absolute atomic E-state index is 0.150. The van der Waals surface area contributed by atoms with Crippen molar-refractivity contribution in [2.45, 2.75) is 45.1 Å². The van der Waals surface area contributed by atoms with Crippen molar-refractivity contribution in [1.82, 2.24) is 4.90 Å². The highest BCUT2D eigenvalue weighted by Crippen LogP contribution is 2.39. The van der Waals surface area contributed by atoms with E-state index < -0.39 is 0 Å². The van der Waals surface area contributed by atoms with Crippen molar-refractivity contribution in [3.05, 3.63) is 11.8 Å². The Morgan fingerprint density at radius 3 is 3.14 bits per heavy atom. The molecule has 0 aromatic rings. The summed E-state index contributed by atoms with van der Waals surface area (Å²) in [5, 5.41) is 0. The molecule has 1 unspecified atom stereocenters. The molecule has 2 aliphatic heterocycles. The summed E-state index contributed by atoms with van der Waals surface area (Å²) < 4.78 is 4.94. The molecular formula is C11H17NO2. The highest BCUT2D eigenvalue weighted by Gasteiger charge is 2.48. The highest BCUT2D eigenvalue weighted by atomic mass is 16.6. The normalized spacial score (nSPS) is 27.5.